The van der Waals surface area contributed by atoms with E-state index in [4.69, 9.17) is 14.3 Å². The summed E-state index contributed by atoms with van der Waals surface area (Å²) in [6, 6.07) is 3.46. The van der Waals surface area contributed by atoms with E-state index in [1.165, 1.54) is 6.07 Å². The minimum absolute atomic E-state index is 0.0164. The Morgan fingerprint density at radius 2 is 2.28 bits per heavy atom. The predicted octanol–water partition coefficient (Wildman–Crippen LogP) is 1.85. The third kappa shape index (κ3) is 2.34. The zero-order valence-electron chi connectivity index (χ0n) is 8.96. The Hall–Kier alpha value is -2.70. The average molecular weight is 250 g/mol. The number of hydrogen-bond acceptors (Lipinski definition) is 5. The molecule has 1 N–H and O–H groups in total. The van der Waals surface area contributed by atoms with Crippen LogP contribution in [0.3, 0.4) is 0 Å². The number of carboxylic acid groups (broad SMARTS) is 1. The Labute approximate surface area is 100 Å². The van der Waals surface area contributed by atoms with Gasteiger partial charge in [-0.25, -0.2) is 9.18 Å². The number of halogens is 1. The summed E-state index contributed by atoms with van der Waals surface area (Å²) in [5, 5.41) is 15.7. The number of aliphatic carboxylic acids is 1. The largest absolute Gasteiger partial charge is 0.475 e. The maximum Gasteiger partial charge on any atom is 0.371 e. The van der Waals surface area contributed by atoms with Crippen molar-refractivity contribution in [2.75, 3.05) is 0 Å². The Morgan fingerprint density at radius 3 is 2.89 bits per heavy atom. The van der Waals surface area contributed by atoms with E-state index in [0.29, 0.717) is 0 Å². The number of carbonyl (C=O) groups is 1. The van der Waals surface area contributed by atoms with Gasteiger partial charge in [-0.2, -0.15) is 0 Å². The minimum atomic E-state index is -1.32. The molecule has 1 aromatic carbocycles. The first kappa shape index (κ1) is 11.8. The van der Waals surface area contributed by atoms with Gasteiger partial charge in [0.2, 0.25) is 12.2 Å². The van der Waals surface area contributed by atoms with Crippen LogP contribution in [0, 0.1) is 5.82 Å². The van der Waals surface area contributed by atoms with Gasteiger partial charge in [-0.05, 0) is 24.8 Å². The second-order valence-corrected chi connectivity index (χ2v) is 3.21. The van der Waals surface area contributed by atoms with Gasteiger partial charge in [0.05, 0.1) is 5.56 Å². The lowest BCUT2D eigenvalue weighted by atomic mass is 10.2. The van der Waals surface area contributed by atoms with Crippen molar-refractivity contribution in [1.29, 1.82) is 0 Å². The van der Waals surface area contributed by atoms with Gasteiger partial charge in [0.25, 0.3) is 5.89 Å². The van der Waals surface area contributed by atoms with E-state index in [-0.39, 0.29) is 17.2 Å². The van der Waals surface area contributed by atoms with E-state index >= 15 is 0 Å². The standard InChI is InChI=1S/C11H7FN2O4/c1-6(11(15)16)18-9-3-2-7(12)4-8(9)10-14-13-5-17-10/h2-5H,1H2,(H,15,16). The molecular formula is C11H7FN2O4. The molecule has 0 amide bonds. The fourth-order valence-electron chi connectivity index (χ4n) is 1.23. The third-order valence-electron chi connectivity index (χ3n) is 2.00. The van der Waals surface area contributed by atoms with Gasteiger partial charge < -0.3 is 14.3 Å². The molecule has 0 bridgehead atoms. The summed E-state index contributed by atoms with van der Waals surface area (Å²) in [7, 11) is 0. The quantitative estimate of drug-likeness (QED) is 0.658. The molecule has 0 unspecified atom stereocenters. The smallest absolute Gasteiger partial charge is 0.371 e. The predicted molar refractivity (Wildman–Crippen MR) is 57.1 cm³/mol. The molecule has 0 radical (unpaired) electrons. The van der Waals surface area contributed by atoms with Crippen LogP contribution in [-0.4, -0.2) is 21.3 Å². The third-order valence-corrected chi connectivity index (χ3v) is 2.00. The summed E-state index contributed by atoms with van der Waals surface area (Å²) in [4.78, 5) is 10.6. The van der Waals surface area contributed by atoms with Crippen molar-refractivity contribution in [3.8, 4) is 17.2 Å². The van der Waals surface area contributed by atoms with E-state index in [0.717, 1.165) is 18.5 Å². The van der Waals surface area contributed by atoms with Gasteiger partial charge in [-0.15, -0.1) is 10.2 Å². The monoisotopic (exact) mass is 250 g/mol. The number of nitrogens with zero attached hydrogens (tertiary/aromatic N) is 2. The lowest BCUT2D eigenvalue weighted by Crippen LogP contribution is -2.06. The highest BCUT2D eigenvalue weighted by atomic mass is 19.1. The first-order valence-corrected chi connectivity index (χ1v) is 4.74. The van der Waals surface area contributed by atoms with Gasteiger partial charge >= 0.3 is 5.97 Å². The molecule has 1 aromatic heterocycles. The fourth-order valence-corrected chi connectivity index (χ4v) is 1.23. The molecule has 0 fully saturated rings. The average Bonchev–Trinajstić information content (AvgIpc) is 2.84. The number of carboxylic acids is 1. The Kier molecular flexibility index (Phi) is 3.05. The zero-order chi connectivity index (χ0) is 13.1. The first-order chi connectivity index (χ1) is 8.58. The van der Waals surface area contributed by atoms with Crippen LogP contribution in [0.25, 0.3) is 11.5 Å². The Bertz CT molecular complexity index is 595. The highest BCUT2D eigenvalue weighted by Gasteiger charge is 2.15. The number of ether oxygens (including phenoxy) is 1. The van der Waals surface area contributed by atoms with Crippen molar-refractivity contribution in [2.45, 2.75) is 0 Å². The van der Waals surface area contributed by atoms with Crippen molar-refractivity contribution in [3.05, 3.63) is 42.7 Å². The van der Waals surface area contributed by atoms with Crippen LogP contribution in [0.4, 0.5) is 4.39 Å². The Morgan fingerprint density at radius 1 is 1.50 bits per heavy atom. The van der Waals surface area contributed by atoms with Crippen LogP contribution in [-0.2, 0) is 4.79 Å². The van der Waals surface area contributed by atoms with Gasteiger partial charge in [-0.3, -0.25) is 0 Å². The Balaban J connectivity index is 2.41. The molecule has 0 saturated heterocycles. The van der Waals surface area contributed by atoms with Crippen LogP contribution in [0.5, 0.6) is 5.75 Å². The van der Waals surface area contributed by atoms with E-state index in [1.807, 2.05) is 0 Å². The molecule has 0 atom stereocenters. The lowest BCUT2D eigenvalue weighted by molar-refractivity contribution is -0.135. The van der Waals surface area contributed by atoms with Crippen LogP contribution in [0.15, 0.2) is 41.3 Å². The van der Waals surface area contributed by atoms with Crippen molar-refractivity contribution in [2.24, 2.45) is 0 Å². The molecule has 92 valence electrons. The van der Waals surface area contributed by atoms with Gasteiger partial charge in [-0.1, -0.05) is 0 Å². The molecule has 0 aliphatic carbocycles. The van der Waals surface area contributed by atoms with E-state index in [9.17, 15) is 9.18 Å². The molecule has 0 spiro atoms. The molecule has 1 heterocycles. The van der Waals surface area contributed by atoms with Crippen molar-refractivity contribution in [3.63, 3.8) is 0 Å². The van der Waals surface area contributed by atoms with E-state index in [2.05, 4.69) is 16.8 Å². The maximum absolute atomic E-state index is 13.2. The van der Waals surface area contributed by atoms with Crippen molar-refractivity contribution in [1.82, 2.24) is 10.2 Å². The van der Waals surface area contributed by atoms with Gasteiger partial charge in [0, 0.05) is 0 Å². The van der Waals surface area contributed by atoms with Crippen LogP contribution in [0.1, 0.15) is 0 Å². The molecule has 7 heteroatoms. The van der Waals surface area contributed by atoms with Crippen LogP contribution < -0.4 is 4.74 Å². The number of benzene rings is 1. The molecule has 2 rings (SSSR count). The number of aromatic nitrogens is 2. The SMILES string of the molecule is C=C(Oc1ccc(F)cc1-c1nnco1)C(=O)O. The highest BCUT2D eigenvalue weighted by molar-refractivity contribution is 5.84. The van der Waals surface area contributed by atoms with Crippen molar-refractivity contribution < 1.29 is 23.4 Å². The summed E-state index contributed by atoms with van der Waals surface area (Å²) in [6.45, 7) is 3.21. The summed E-state index contributed by atoms with van der Waals surface area (Å²) in [5.41, 5.74) is 0.148. The second kappa shape index (κ2) is 4.66. The molecule has 2 aromatic rings. The lowest BCUT2D eigenvalue weighted by Gasteiger charge is -2.08. The molecule has 0 aliphatic rings. The van der Waals surface area contributed by atoms with E-state index < -0.39 is 17.5 Å². The highest BCUT2D eigenvalue weighted by Crippen LogP contribution is 2.30. The molecule has 6 nitrogen and oxygen atoms in total. The fraction of sp³-hybridized carbons (Fsp3) is 0. The molecular weight excluding hydrogens is 243 g/mol. The first-order valence-electron chi connectivity index (χ1n) is 4.74. The normalized spacial score (nSPS) is 10.1. The second-order valence-electron chi connectivity index (χ2n) is 3.21. The van der Waals surface area contributed by atoms with Gasteiger partial charge in [0.1, 0.15) is 11.6 Å². The molecule has 0 aliphatic heterocycles. The maximum atomic E-state index is 13.2. The number of hydrogen-bond donors (Lipinski definition) is 1. The van der Waals surface area contributed by atoms with Crippen molar-refractivity contribution >= 4 is 5.97 Å². The molecule has 18 heavy (non-hydrogen) atoms. The van der Waals surface area contributed by atoms with Crippen LogP contribution in [0.2, 0.25) is 0 Å². The van der Waals surface area contributed by atoms with Gasteiger partial charge in [0.15, 0.2) is 0 Å². The summed E-state index contributed by atoms with van der Waals surface area (Å²) in [6.07, 6.45) is 1.07. The van der Waals surface area contributed by atoms with Crippen LogP contribution >= 0.6 is 0 Å². The zero-order valence-corrected chi connectivity index (χ0v) is 8.96. The topological polar surface area (TPSA) is 85.5 Å². The minimum Gasteiger partial charge on any atom is -0.475 e. The summed E-state index contributed by atoms with van der Waals surface area (Å²) < 4.78 is 23.1. The number of rotatable bonds is 4. The van der Waals surface area contributed by atoms with E-state index in [1.54, 1.807) is 0 Å². The molecule has 0 saturated carbocycles. The summed E-state index contributed by atoms with van der Waals surface area (Å²) >= 11 is 0. The summed E-state index contributed by atoms with van der Waals surface area (Å²) in [5.74, 6) is -2.29.